The van der Waals surface area contributed by atoms with Gasteiger partial charge in [-0.2, -0.15) is 0 Å². The summed E-state index contributed by atoms with van der Waals surface area (Å²) in [6.07, 6.45) is 3.29. The van der Waals surface area contributed by atoms with E-state index in [1.54, 1.807) is 12.1 Å². The average Bonchev–Trinajstić information content (AvgIpc) is 2.52. The van der Waals surface area contributed by atoms with Crippen molar-refractivity contribution in [3.05, 3.63) is 28.5 Å². The summed E-state index contributed by atoms with van der Waals surface area (Å²) in [6.45, 7) is 2.08. The first-order valence-electron chi connectivity index (χ1n) is 5.68. The minimum Gasteiger partial charge on any atom is -0.380 e. The van der Waals surface area contributed by atoms with E-state index in [0.29, 0.717) is 11.7 Å². The van der Waals surface area contributed by atoms with Gasteiger partial charge in [-0.15, -0.1) is 0 Å². The molecule has 0 saturated carbocycles. The summed E-state index contributed by atoms with van der Waals surface area (Å²) in [7, 11) is 0. The Morgan fingerprint density at radius 2 is 2.19 bits per heavy atom. The van der Waals surface area contributed by atoms with E-state index in [1.165, 1.54) is 6.07 Å². The second kappa shape index (κ2) is 5.64. The summed E-state index contributed by atoms with van der Waals surface area (Å²) in [6, 6.07) is 5.38. The molecule has 2 rings (SSSR count). The molecule has 1 saturated heterocycles. The maximum Gasteiger partial charge on any atom is 0.146 e. The van der Waals surface area contributed by atoms with Crippen LogP contribution in [0.3, 0.4) is 0 Å². The molecule has 88 valence electrons. The number of nitrogens with one attached hydrogen (secondary N) is 2. The van der Waals surface area contributed by atoms with Gasteiger partial charge in [0, 0.05) is 10.5 Å². The second-order valence-corrected chi connectivity index (χ2v) is 5.06. The van der Waals surface area contributed by atoms with Gasteiger partial charge in [-0.3, -0.25) is 0 Å². The van der Waals surface area contributed by atoms with Crippen molar-refractivity contribution >= 4 is 21.6 Å². The Hall–Kier alpha value is -0.610. The van der Waals surface area contributed by atoms with Crippen LogP contribution in [-0.4, -0.2) is 19.1 Å². The van der Waals surface area contributed by atoms with Gasteiger partial charge in [0.2, 0.25) is 0 Å². The van der Waals surface area contributed by atoms with Crippen molar-refractivity contribution in [2.75, 3.05) is 18.4 Å². The Balaban J connectivity index is 2.04. The third-order valence-corrected chi connectivity index (χ3v) is 3.36. The zero-order valence-corrected chi connectivity index (χ0v) is 10.7. The van der Waals surface area contributed by atoms with Crippen molar-refractivity contribution in [3.8, 4) is 0 Å². The van der Waals surface area contributed by atoms with Crippen LogP contribution in [-0.2, 0) is 0 Å². The third kappa shape index (κ3) is 3.19. The molecule has 1 aliphatic heterocycles. The number of benzene rings is 1. The lowest BCUT2D eigenvalue weighted by Crippen LogP contribution is -2.22. The van der Waals surface area contributed by atoms with Crippen molar-refractivity contribution < 1.29 is 4.39 Å². The van der Waals surface area contributed by atoms with Gasteiger partial charge < -0.3 is 10.6 Å². The minimum absolute atomic E-state index is 0.180. The summed E-state index contributed by atoms with van der Waals surface area (Å²) in [5.74, 6) is -0.180. The first-order valence-corrected chi connectivity index (χ1v) is 6.47. The predicted octanol–water partition coefficient (Wildman–Crippen LogP) is 3.14. The van der Waals surface area contributed by atoms with Crippen molar-refractivity contribution in [1.29, 1.82) is 0 Å². The quantitative estimate of drug-likeness (QED) is 0.873. The molecule has 0 aromatic heterocycles. The van der Waals surface area contributed by atoms with E-state index in [4.69, 9.17) is 0 Å². The van der Waals surface area contributed by atoms with Crippen LogP contribution in [0.2, 0.25) is 0 Å². The monoisotopic (exact) mass is 286 g/mol. The average molecular weight is 287 g/mol. The Labute approximate surface area is 104 Å². The molecular formula is C12H16BrFN2. The van der Waals surface area contributed by atoms with Gasteiger partial charge in [0.1, 0.15) is 5.82 Å². The fraction of sp³-hybridized carbons (Fsp3) is 0.500. The van der Waals surface area contributed by atoms with Crippen LogP contribution in [0, 0.1) is 5.82 Å². The fourth-order valence-electron chi connectivity index (χ4n) is 1.99. The second-order valence-electron chi connectivity index (χ2n) is 4.15. The van der Waals surface area contributed by atoms with E-state index in [-0.39, 0.29) is 5.82 Å². The molecule has 1 unspecified atom stereocenters. The lowest BCUT2D eigenvalue weighted by Gasteiger charge is -2.18. The zero-order valence-electron chi connectivity index (χ0n) is 9.10. The number of hydrogen-bond donors (Lipinski definition) is 2. The highest BCUT2D eigenvalue weighted by Gasteiger charge is 2.13. The molecule has 4 heteroatoms. The van der Waals surface area contributed by atoms with E-state index in [1.807, 2.05) is 0 Å². The molecule has 1 aromatic rings. The van der Waals surface area contributed by atoms with Crippen LogP contribution in [0.15, 0.2) is 22.7 Å². The molecule has 1 aromatic carbocycles. The van der Waals surface area contributed by atoms with Crippen molar-refractivity contribution in [3.63, 3.8) is 0 Å². The van der Waals surface area contributed by atoms with E-state index >= 15 is 0 Å². The van der Waals surface area contributed by atoms with Gasteiger partial charge >= 0.3 is 0 Å². The Bertz CT molecular complexity index is 349. The van der Waals surface area contributed by atoms with Crippen LogP contribution in [0.5, 0.6) is 0 Å². The van der Waals surface area contributed by atoms with E-state index < -0.39 is 0 Å². The topological polar surface area (TPSA) is 24.1 Å². The van der Waals surface area contributed by atoms with Gasteiger partial charge in [0.15, 0.2) is 0 Å². The molecular weight excluding hydrogens is 271 g/mol. The lowest BCUT2D eigenvalue weighted by molar-refractivity contribution is 0.605. The largest absolute Gasteiger partial charge is 0.380 e. The van der Waals surface area contributed by atoms with Gasteiger partial charge in [-0.05, 0) is 50.6 Å². The molecule has 1 heterocycles. The smallest absolute Gasteiger partial charge is 0.146 e. The van der Waals surface area contributed by atoms with E-state index in [0.717, 1.165) is 36.8 Å². The first kappa shape index (κ1) is 11.9. The van der Waals surface area contributed by atoms with Gasteiger partial charge in [0.05, 0.1) is 5.69 Å². The maximum absolute atomic E-state index is 13.5. The summed E-state index contributed by atoms with van der Waals surface area (Å²) in [5.41, 5.74) is 0.598. The number of anilines is 1. The molecule has 1 fully saturated rings. The van der Waals surface area contributed by atoms with Gasteiger partial charge in [0.25, 0.3) is 0 Å². The van der Waals surface area contributed by atoms with Crippen LogP contribution < -0.4 is 10.6 Å². The highest BCUT2D eigenvalue weighted by atomic mass is 79.9. The minimum atomic E-state index is -0.180. The molecule has 0 spiro atoms. The molecule has 0 aliphatic carbocycles. The third-order valence-electron chi connectivity index (χ3n) is 2.86. The number of rotatable bonds is 2. The summed E-state index contributed by atoms with van der Waals surface area (Å²) in [4.78, 5) is 0. The van der Waals surface area contributed by atoms with Crippen LogP contribution in [0.25, 0.3) is 0 Å². The van der Waals surface area contributed by atoms with Gasteiger partial charge in [-0.25, -0.2) is 4.39 Å². The summed E-state index contributed by atoms with van der Waals surface area (Å²) >= 11 is 3.36. The van der Waals surface area contributed by atoms with E-state index in [9.17, 15) is 4.39 Å². The lowest BCUT2D eigenvalue weighted by atomic mass is 10.1. The maximum atomic E-state index is 13.5. The Morgan fingerprint density at radius 1 is 1.31 bits per heavy atom. The Morgan fingerprint density at radius 3 is 3.06 bits per heavy atom. The predicted molar refractivity (Wildman–Crippen MR) is 68.2 cm³/mol. The molecule has 0 radical (unpaired) electrons. The normalized spacial score (nSPS) is 21.5. The highest BCUT2D eigenvalue weighted by molar-refractivity contribution is 9.10. The van der Waals surface area contributed by atoms with Crippen LogP contribution in [0.4, 0.5) is 10.1 Å². The van der Waals surface area contributed by atoms with Gasteiger partial charge in [-0.1, -0.05) is 15.9 Å². The first-order chi connectivity index (χ1) is 7.75. The SMILES string of the molecule is Fc1ccc(Br)cc1NC1CCCNCC1. The van der Waals surface area contributed by atoms with E-state index in [2.05, 4.69) is 26.6 Å². The summed E-state index contributed by atoms with van der Waals surface area (Å²) < 4.78 is 14.4. The molecule has 2 N–H and O–H groups in total. The molecule has 0 amide bonds. The zero-order chi connectivity index (χ0) is 11.4. The molecule has 1 aliphatic rings. The van der Waals surface area contributed by atoms with Crippen LogP contribution in [0.1, 0.15) is 19.3 Å². The standard InChI is InChI=1S/C12H16BrFN2/c13-9-3-4-11(14)12(8-9)16-10-2-1-6-15-7-5-10/h3-4,8,10,15-16H,1-2,5-7H2. The molecule has 1 atom stereocenters. The molecule has 16 heavy (non-hydrogen) atoms. The van der Waals surface area contributed by atoms with Crippen LogP contribution >= 0.6 is 15.9 Å². The van der Waals surface area contributed by atoms with Crippen molar-refractivity contribution in [2.45, 2.75) is 25.3 Å². The van der Waals surface area contributed by atoms with Crippen molar-refractivity contribution in [1.82, 2.24) is 5.32 Å². The van der Waals surface area contributed by atoms with Crippen molar-refractivity contribution in [2.24, 2.45) is 0 Å². The highest BCUT2D eigenvalue weighted by Crippen LogP contribution is 2.22. The Kier molecular flexibility index (Phi) is 4.18. The molecule has 0 bridgehead atoms. The number of halogens is 2. The molecule has 2 nitrogen and oxygen atoms in total. The summed E-state index contributed by atoms with van der Waals surface area (Å²) in [5, 5.41) is 6.63. The fourth-order valence-corrected chi connectivity index (χ4v) is 2.35. The number of hydrogen-bond acceptors (Lipinski definition) is 2.